The van der Waals surface area contributed by atoms with Gasteiger partial charge in [-0.15, -0.1) is 11.3 Å². The Hall–Kier alpha value is -3.13. The average Bonchev–Trinajstić information content (AvgIpc) is 3.33. The fourth-order valence-electron chi connectivity index (χ4n) is 2.24. The van der Waals surface area contributed by atoms with Crippen molar-refractivity contribution in [1.82, 2.24) is 15.8 Å². The molecule has 0 saturated carbocycles. The fourth-order valence-corrected chi connectivity index (χ4v) is 2.96. The number of benzene rings is 1. The van der Waals surface area contributed by atoms with Crippen molar-refractivity contribution in [2.75, 3.05) is 0 Å². The molecule has 2 aromatic heterocycles. The third-order valence-corrected chi connectivity index (χ3v) is 4.39. The highest BCUT2D eigenvalue weighted by molar-refractivity contribution is 7.09. The number of carbonyl (C=O) groups excluding carboxylic acids is 2. The minimum absolute atomic E-state index is 0.238. The van der Waals surface area contributed by atoms with Gasteiger partial charge in [-0.2, -0.15) is 0 Å². The highest BCUT2D eigenvalue weighted by Crippen LogP contribution is 2.15. The molecule has 1 aromatic carbocycles. The first-order chi connectivity index (χ1) is 12.6. The van der Waals surface area contributed by atoms with Crippen LogP contribution >= 0.6 is 11.3 Å². The smallest absolute Gasteiger partial charge is 0.336 e. The van der Waals surface area contributed by atoms with Crippen LogP contribution < -0.4 is 10.9 Å². The molecule has 2 heterocycles. The molecule has 0 aliphatic heterocycles. The molecule has 3 amide bonds. The topological polar surface area (TPSA) is 74.6 Å². The van der Waals surface area contributed by atoms with E-state index in [4.69, 9.17) is 4.42 Å². The Morgan fingerprint density at radius 1 is 1.04 bits per heavy atom. The van der Waals surface area contributed by atoms with Crippen LogP contribution in [0.25, 0.3) is 0 Å². The lowest BCUT2D eigenvalue weighted by atomic mass is 10.2. The summed E-state index contributed by atoms with van der Waals surface area (Å²) in [6, 6.07) is 11.9. The lowest BCUT2D eigenvalue weighted by Gasteiger charge is -2.21. The van der Waals surface area contributed by atoms with E-state index in [0.717, 1.165) is 4.88 Å². The van der Waals surface area contributed by atoms with Crippen molar-refractivity contribution in [2.45, 2.75) is 13.1 Å². The van der Waals surface area contributed by atoms with Crippen LogP contribution in [0.4, 0.5) is 9.18 Å². The fraction of sp³-hybridized carbons (Fsp3) is 0.111. The predicted octanol–water partition coefficient (Wildman–Crippen LogP) is 3.54. The van der Waals surface area contributed by atoms with Gasteiger partial charge in [-0.3, -0.25) is 10.2 Å². The van der Waals surface area contributed by atoms with E-state index in [1.807, 2.05) is 17.5 Å². The summed E-state index contributed by atoms with van der Waals surface area (Å²) < 4.78 is 18.2. The summed E-state index contributed by atoms with van der Waals surface area (Å²) in [7, 11) is 0. The first kappa shape index (κ1) is 17.7. The van der Waals surface area contributed by atoms with Crippen LogP contribution in [0.2, 0.25) is 0 Å². The molecule has 3 rings (SSSR count). The van der Waals surface area contributed by atoms with Crippen LogP contribution in [0.5, 0.6) is 0 Å². The number of thiophene rings is 1. The third-order valence-electron chi connectivity index (χ3n) is 3.53. The van der Waals surface area contributed by atoms with Gasteiger partial charge in [0.15, 0.2) is 0 Å². The Balaban J connectivity index is 1.62. The van der Waals surface area contributed by atoms with E-state index in [2.05, 4.69) is 10.9 Å². The maximum Gasteiger partial charge on any atom is 0.336 e. The maximum absolute atomic E-state index is 12.9. The van der Waals surface area contributed by atoms with Crippen molar-refractivity contribution in [3.05, 3.63) is 82.2 Å². The van der Waals surface area contributed by atoms with Crippen LogP contribution in [-0.2, 0) is 13.1 Å². The van der Waals surface area contributed by atoms with E-state index in [-0.39, 0.29) is 12.1 Å². The van der Waals surface area contributed by atoms with Crippen molar-refractivity contribution in [3.8, 4) is 0 Å². The second-order valence-electron chi connectivity index (χ2n) is 5.41. The summed E-state index contributed by atoms with van der Waals surface area (Å²) in [6.07, 6.45) is 1.53. The lowest BCUT2D eigenvalue weighted by Crippen LogP contribution is -2.48. The van der Waals surface area contributed by atoms with Crippen molar-refractivity contribution in [3.63, 3.8) is 0 Å². The Kier molecular flexibility index (Phi) is 5.65. The molecule has 0 spiro atoms. The summed E-state index contributed by atoms with van der Waals surface area (Å²) in [5.41, 5.74) is 4.94. The lowest BCUT2D eigenvalue weighted by molar-refractivity contribution is 0.0928. The standard InChI is InChI=1S/C18H16FN3O3S/c19-14-7-5-13(6-8-14)17(23)20-21-18(24)22(11-15-3-1-9-25-15)12-16-4-2-10-26-16/h1-10H,11-12H2,(H,20,23)(H,21,24). The van der Waals surface area contributed by atoms with E-state index in [9.17, 15) is 14.0 Å². The van der Waals surface area contributed by atoms with Gasteiger partial charge in [0.25, 0.3) is 5.91 Å². The summed E-state index contributed by atoms with van der Waals surface area (Å²) in [6.45, 7) is 0.625. The minimum atomic E-state index is -0.535. The molecule has 0 atom stereocenters. The number of carbonyl (C=O) groups is 2. The molecule has 0 fully saturated rings. The molecule has 0 bridgehead atoms. The van der Waals surface area contributed by atoms with E-state index in [1.165, 1.54) is 46.8 Å². The number of halogens is 1. The van der Waals surface area contributed by atoms with Gasteiger partial charge in [0.2, 0.25) is 0 Å². The zero-order chi connectivity index (χ0) is 18.4. The zero-order valence-electron chi connectivity index (χ0n) is 13.6. The van der Waals surface area contributed by atoms with Crippen LogP contribution in [0.1, 0.15) is 21.0 Å². The molecule has 0 aliphatic rings. The number of hydrogen-bond acceptors (Lipinski definition) is 4. The van der Waals surface area contributed by atoms with Crippen LogP contribution in [-0.4, -0.2) is 16.8 Å². The number of hydrazine groups is 1. The average molecular weight is 373 g/mol. The number of furan rings is 1. The van der Waals surface area contributed by atoms with Gasteiger partial charge in [0.05, 0.1) is 19.4 Å². The third kappa shape index (κ3) is 4.70. The van der Waals surface area contributed by atoms with Gasteiger partial charge in [-0.05, 0) is 47.8 Å². The Morgan fingerprint density at radius 2 is 1.85 bits per heavy atom. The second kappa shape index (κ2) is 8.30. The maximum atomic E-state index is 12.9. The Labute approximate surface area is 153 Å². The summed E-state index contributed by atoms with van der Waals surface area (Å²) in [5.74, 6) is -0.347. The van der Waals surface area contributed by atoms with Crippen molar-refractivity contribution in [2.24, 2.45) is 0 Å². The molecule has 2 N–H and O–H groups in total. The molecular weight excluding hydrogens is 357 g/mol. The molecule has 0 aliphatic carbocycles. The molecule has 0 radical (unpaired) electrons. The molecule has 3 aromatic rings. The van der Waals surface area contributed by atoms with Crippen molar-refractivity contribution < 1.29 is 18.4 Å². The van der Waals surface area contributed by atoms with Gasteiger partial charge >= 0.3 is 6.03 Å². The number of rotatable bonds is 5. The van der Waals surface area contributed by atoms with Gasteiger partial charge in [-0.25, -0.2) is 14.6 Å². The zero-order valence-corrected chi connectivity index (χ0v) is 14.5. The number of hydrogen-bond donors (Lipinski definition) is 2. The largest absolute Gasteiger partial charge is 0.467 e. The number of urea groups is 1. The molecule has 0 unspecified atom stereocenters. The quantitative estimate of drug-likeness (QED) is 0.672. The minimum Gasteiger partial charge on any atom is -0.467 e. The van der Waals surface area contributed by atoms with Gasteiger partial charge < -0.3 is 9.32 Å². The highest BCUT2D eigenvalue weighted by atomic mass is 32.1. The van der Waals surface area contributed by atoms with Gasteiger partial charge in [0.1, 0.15) is 11.6 Å². The van der Waals surface area contributed by atoms with Crippen LogP contribution in [0, 0.1) is 5.82 Å². The normalized spacial score (nSPS) is 10.3. The summed E-state index contributed by atoms with van der Waals surface area (Å²) >= 11 is 1.53. The first-order valence-corrected chi connectivity index (χ1v) is 8.65. The number of nitrogens with zero attached hydrogens (tertiary/aromatic N) is 1. The molecule has 134 valence electrons. The monoisotopic (exact) mass is 373 g/mol. The van der Waals surface area contributed by atoms with E-state index in [1.54, 1.807) is 12.1 Å². The molecule has 0 saturated heterocycles. The summed E-state index contributed by atoms with van der Waals surface area (Å²) in [4.78, 5) is 27.0. The van der Waals surface area contributed by atoms with Crippen LogP contribution in [0.3, 0.4) is 0 Å². The molecule has 26 heavy (non-hydrogen) atoms. The van der Waals surface area contributed by atoms with Crippen molar-refractivity contribution in [1.29, 1.82) is 0 Å². The second-order valence-corrected chi connectivity index (χ2v) is 6.44. The van der Waals surface area contributed by atoms with Crippen molar-refractivity contribution >= 4 is 23.3 Å². The van der Waals surface area contributed by atoms with E-state index in [0.29, 0.717) is 12.3 Å². The first-order valence-electron chi connectivity index (χ1n) is 7.77. The summed E-state index contributed by atoms with van der Waals surface area (Å²) in [5, 5.41) is 1.93. The number of nitrogens with one attached hydrogen (secondary N) is 2. The molecule has 8 heteroatoms. The molecular formula is C18H16FN3O3S. The van der Waals surface area contributed by atoms with E-state index < -0.39 is 17.8 Å². The Bertz CT molecular complexity index is 812. The van der Waals surface area contributed by atoms with Crippen LogP contribution in [0.15, 0.2) is 64.6 Å². The Morgan fingerprint density at radius 3 is 2.50 bits per heavy atom. The van der Waals surface area contributed by atoms with E-state index >= 15 is 0 Å². The SMILES string of the molecule is O=C(NNC(=O)N(Cc1ccco1)Cc1cccs1)c1ccc(F)cc1. The molecule has 6 nitrogen and oxygen atoms in total. The predicted molar refractivity (Wildman–Crippen MR) is 94.7 cm³/mol. The van der Waals surface area contributed by atoms with Gasteiger partial charge in [0, 0.05) is 10.4 Å². The number of amides is 3. The van der Waals surface area contributed by atoms with Gasteiger partial charge in [-0.1, -0.05) is 6.07 Å². The highest BCUT2D eigenvalue weighted by Gasteiger charge is 2.17.